The SMILES string of the molecule is Cc1csc(Cc2noc(CCCCl)n2)n1. The average molecular weight is 258 g/mol. The van der Waals surface area contributed by atoms with Gasteiger partial charge < -0.3 is 4.52 Å². The van der Waals surface area contributed by atoms with Gasteiger partial charge in [-0.15, -0.1) is 22.9 Å². The van der Waals surface area contributed by atoms with Gasteiger partial charge in [-0.1, -0.05) is 5.16 Å². The van der Waals surface area contributed by atoms with Crippen LogP contribution < -0.4 is 0 Å². The van der Waals surface area contributed by atoms with Crippen LogP contribution in [-0.2, 0) is 12.8 Å². The van der Waals surface area contributed by atoms with Crippen LogP contribution in [0.5, 0.6) is 0 Å². The van der Waals surface area contributed by atoms with Crippen molar-refractivity contribution in [3.05, 3.63) is 27.8 Å². The van der Waals surface area contributed by atoms with Gasteiger partial charge in [0, 0.05) is 23.4 Å². The molecule has 2 aromatic heterocycles. The Hall–Kier alpha value is -0.940. The number of halogens is 1. The standard InChI is InChI=1S/C10H12ClN3OS/c1-7-6-16-10(12-7)5-8-13-9(15-14-8)3-2-4-11/h6H,2-5H2,1H3. The van der Waals surface area contributed by atoms with Gasteiger partial charge in [-0.3, -0.25) is 0 Å². The van der Waals surface area contributed by atoms with Gasteiger partial charge in [0.1, 0.15) is 5.01 Å². The lowest BCUT2D eigenvalue weighted by molar-refractivity contribution is 0.373. The molecule has 0 aliphatic heterocycles. The summed E-state index contributed by atoms with van der Waals surface area (Å²) in [6.07, 6.45) is 2.25. The summed E-state index contributed by atoms with van der Waals surface area (Å²) in [5.41, 5.74) is 1.03. The molecule has 2 rings (SSSR count). The molecular weight excluding hydrogens is 246 g/mol. The summed E-state index contributed by atoms with van der Waals surface area (Å²) < 4.78 is 5.10. The molecule has 0 atom stereocenters. The first-order chi connectivity index (χ1) is 7.78. The molecule has 2 aromatic rings. The first-order valence-corrected chi connectivity index (χ1v) is 6.48. The highest BCUT2D eigenvalue weighted by molar-refractivity contribution is 7.09. The summed E-state index contributed by atoms with van der Waals surface area (Å²) in [6, 6.07) is 0. The summed E-state index contributed by atoms with van der Waals surface area (Å²) in [4.78, 5) is 8.64. The van der Waals surface area contributed by atoms with E-state index in [2.05, 4.69) is 15.1 Å². The Bertz CT molecular complexity index is 454. The number of rotatable bonds is 5. The molecule has 86 valence electrons. The molecule has 4 nitrogen and oxygen atoms in total. The summed E-state index contributed by atoms with van der Waals surface area (Å²) in [5.74, 6) is 1.96. The molecule has 0 aliphatic rings. The Labute approximate surface area is 103 Å². The van der Waals surface area contributed by atoms with Crippen LogP contribution in [0.15, 0.2) is 9.90 Å². The Kier molecular flexibility index (Phi) is 3.90. The predicted octanol–water partition coefficient (Wildman–Crippen LogP) is 2.60. The molecule has 2 heterocycles. The van der Waals surface area contributed by atoms with Crippen LogP contribution in [0.25, 0.3) is 0 Å². The maximum absolute atomic E-state index is 5.59. The number of aromatic nitrogens is 3. The molecule has 0 amide bonds. The van der Waals surface area contributed by atoms with Gasteiger partial charge in [0.05, 0.1) is 6.42 Å². The van der Waals surface area contributed by atoms with Crippen molar-refractivity contribution in [1.29, 1.82) is 0 Å². The third kappa shape index (κ3) is 3.02. The van der Waals surface area contributed by atoms with Gasteiger partial charge in [0.25, 0.3) is 0 Å². The number of alkyl halides is 1. The van der Waals surface area contributed by atoms with Crippen molar-refractivity contribution in [2.24, 2.45) is 0 Å². The van der Waals surface area contributed by atoms with Crippen molar-refractivity contribution in [3.63, 3.8) is 0 Å². The van der Waals surface area contributed by atoms with Crippen molar-refractivity contribution in [2.45, 2.75) is 26.2 Å². The minimum Gasteiger partial charge on any atom is -0.339 e. The van der Waals surface area contributed by atoms with Crippen LogP contribution >= 0.6 is 22.9 Å². The van der Waals surface area contributed by atoms with E-state index >= 15 is 0 Å². The minimum absolute atomic E-state index is 0.614. The Morgan fingerprint density at radius 3 is 3.00 bits per heavy atom. The first kappa shape index (κ1) is 11.5. The maximum atomic E-state index is 5.59. The smallest absolute Gasteiger partial charge is 0.226 e. The second kappa shape index (κ2) is 5.41. The second-order valence-electron chi connectivity index (χ2n) is 3.46. The second-order valence-corrected chi connectivity index (χ2v) is 4.78. The van der Waals surface area contributed by atoms with Crippen LogP contribution in [0.3, 0.4) is 0 Å². The highest BCUT2D eigenvalue weighted by Gasteiger charge is 2.08. The zero-order valence-electron chi connectivity index (χ0n) is 8.94. The molecule has 0 fully saturated rings. The molecule has 16 heavy (non-hydrogen) atoms. The van der Waals surface area contributed by atoms with E-state index in [1.54, 1.807) is 11.3 Å². The van der Waals surface area contributed by atoms with Gasteiger partial charge >= 0.3 is 0 Å². The zero-order valence-corrected chi connectivity index (χ0v) is 10.5. The molecule has 0 N–H and O–H groups in total. The fourth-order valence-electron chi connectivity index (χ4n) is 1.30. The minimum atomic E-state index is 0.614. The monoisotopic (exact) mass is 257 g/mol. The lowest BCUT2D eigenvalue weighted by Gasteiger charge is -1.88. The van der Waals surface area contributed by atoms with E-state index in [9.17, 15) is 0 Å². The molecular formula is C10H12ClN3OS. The third-order valence-electron chi connectivity index (χ3n) is 2.01. The zero-order chi connectivity index (χ0) is 11.4. The third-order valence-corrected chi connectivity index (χ3v) is 3.24. The molecule has 0 saturated carbocycles. The quantitative estimate of drug-likeness (QED) is 0.773. The summed E-state index contributed by atoms with van der Waals surface area (Å²) in [6.45, 7) is 1.97. The lowest BCUT2D eigenvalue weighted by Crippen LogP contribution is -1.91. The highest BCUT2D eigenvalue weighted by Crippen LogP contribution is 2.13. The molecule has 0 aliphatic carbocycles. The van der Waals surface area contributed by atoms with Crippen LogP contribution in [0.2, 0.25) is 0 Å². The van der Waals surface area contributed by atoms with Gasteiger partial charge in [0.15, 0.2) is 5.82 Å². The molecule has 6 heteroatoms. The van der Waals surface area contributed by atoms with E-state index in [1.807, 2.05) is 12.3 Å². The van der Waals surface area contributed by atoms with Crippen LogP contribution in [-0.4, -0.2) is 21.0 Å². The Morgan fingerprint density at radius 2 is 2.31 bits per heavy atom. The summed E-state index contributed by atoms with van der Waals surface area (Å²) in [7, 11) is 0. The molecule has 0 spiro atoms. The Balaban J connectivity index is 1.97. The van der Waals surface area contributed by atoms with Crippen LogP contribution in [0.4, 0.5) is 0 Å². The highest BCUT2D eigenvalue weighted by atomic mass is 35.5. The number of thiazole rings is 1. The maximum Gasteiger partial charge on any atom is 0.226 e. The summed E-state index contributed by atoms with van der Waals surface area (Å²) >= 11 is 7.21. The molecule has 0 unspecified atom stereocenters. The topological polar surface area (TPSA) is 51.8 Å². The molecule has 0 radical (unpaired) electrons. The predicted molar refractivity (Wildman–Crippen MR) is 63.0 cm³/mol. The van der Waals surface area contributed by atoms with E-state index in [0.29, 0.717) is 24.0 Å². The average Bonchev–Trinajstić information content (AvgIpc) is 2.86. The number of hydrogen-bond acceptors (Lipinski definition) is 5. The number of nitrogens with zero attached hydrogens (tertiary/aromatic N) is 3. The van der Waals surface area contributed by atoms with Crippen molar-refractivity contribution < 1.29 is 4.52 Å². The molecule has 0 bridgehead atoms. The largest absolute Gasteiger partial charge is 0.339 e. The Morgan fingerprint density at radius 1 is 1.44 bits per heavy atom. The van der Waals surface area contributed by atoms with E-state index in [0.717, 1.165) is 23.5 Å². The van der Waals surface area contributed by atoms with Crippen molar-refractivity contribution in [3.8, 4) is 0 Å². The van der Waals surface area contributed by atoms with E-state index < -0.39 is 0 Å². The van der Waals surface area contributed by atoms with Crippen molar-refractivity contribution >= 4 is 22.9 Å². The fraction of sp³-hybridized carbons (Fsp3) is 0.500. The van der Waals surface area contributed by atoms with Crippen molar-refractivity contribution in [1.82, 2.24) is 15.1 Å². The van der Waals surface area contributed by atoms with E-state index in [4.69, 9.17) is 16.1 Å². The van der Waals surface area contributed by atoms with Gasteiger partial charge in [0.2, 0.25) is 5.89 Å². The van der Waals surface area contributed by atoms with Crippen LogP contribution in [0, 0.1) is 6.92 Å². The van der Waals surface area contributed by atoms with Crippen LogP contribution in [0.1, 0.15) is 28.8 Å². The van der Waals surface area contributed by atoms with Gasteiger partial charge in [-0.25, -0.2) is 4.98 Å². The lowest BCUT2D eigenvalue weighted by atomic mass is 10.3. The van der Waals surface area contributed by atoms with Gasteiger partial charge in [-0.05, 0) is 13.3 Å². The van der Waals surface area contributed by atoms with E-state index in [-0.39, 0.29) is 0 Å². The fourth-order valence-corrected chi connectivity index (χ4v) is 2.20. The van der Waals surface area contributed by atoms with Crippen molar-refractivity contribution in [2.75, 3.05) is 5.88 Å². The molecule has 0 saturated heterocycles. The van der Waals surface area contributed by atoms with E-state index in [1.165, 1.54) is 0 Å². The number of aryl methyl sites for hydroxylation is 2. The molecule has 0 aromatic carbocycles. The normalized spacial score (nSPS) is 10.9. The summed E-state index contributed by atoms with van der Waals surface area (Å²) in [5, 5.41) is 6.94. The first-order valence-electron chi connectivity index (χ1n) is 5.06. The number of hydrogen-bond donors (Lipinski definition) is 0. The van der Waals surface area contributed by atoms with Gasteiger partial charge in [-0.2, -0.15) is 4.98 Å².